The van der Waals surface area contributed by atoms with Gasteiger partial charge in [-0.1, -0.05) is 18.2 Å². The van der Waals surface area contributed by atoms with Crippen molar-refractivity contribution in [3.63, 3.8) is 0 Å². The minimum absolute atomic E-state index is 0.0145. The van der Waals surface area contributed by atoms with Gasteiger partial charge in [-0.3, -0.25) is 4.79 Å². The van der Waals surface area contributed by atoms with Gasteiger partial charge in [0.25, 0.3) is 0 Å². The SMILES string of the molecule is COc1cc(-c2ncc(F)c(NCC(O)(C(C)=O)C(F)(F)F)n2)nn1Cc1ccccc1F. The Kier molecular flexibility index (Phi) is 6.63. The number of carbonyl (C=O) groups is 1. The Bertz CT molecular complexity index is 1170. The molecule has 33 heavy (non-hydrogen) atoms. The topological polar surface area (TPSA) is 102 Å². The summed E-state index contributed by atoms with van der Waals surface area (Å²) in [6, 6.07) is 7.36. The monoisotopic (exact) mass is 471 g/mol. The van der Waals surface area contributed by atoms with Crippen LogP contribution in [0.2, 0.25) is 0 Å². The second kappa shape index (κ2) is 9.10. The Hall–Kier alpha value is -3.61. The van der Waals surface area contributed by atoms with Gasteiger partial charge in [0.05, 0.1) is 26.4 Å². The second-order valence-corrected chi connectivity index (χ2v) is 6.98. The molecule has 0 spiro atoms. The highest BCUT2D eigenvalue weighted by molar-refractivity contribution is 5.86. The van der Waals surface area contributed by atoms with Gasteiger partial charge in [0.15, 0.2) is 23.2 Å². The fourth-order valence-corrected chi connectivity index (χ4v) is 2.82. The molecule has 2 N–H and O–H groups in total. The zero-order valence-corrected chi connectivity index (χ0v) is 17.3. The van der Waals surface area contributed by atoms with E-state index in [1.807, 2.05) is 5.32 Å². The molecule has 3 rings (SSSR count). The first-order valence-electron chi connectivity index (χ1n) is 9.38. The number of halogens is 5. The molecule has 2 heterocycles. The van der Waals surface area contributed by atoms with Crippen molar-refractivity contribution in [2.75, 3.05) is 19.0 Å². The molecule has 3 aromatic rings. The number of Topliss-reactive ketones (excluding diaryl/α,β-unsaturated/α-hetero) is 1. The molecule has 0 bridgehead atoms. The van der Waals surface area contributed by atoms with E-state index in [0.717, 1.165) is 0 Å². The zero-order chi connectivity index (χ0) is 24.4. The number of aromatic nitrogens is 4. The molecule has 0 fully saturated rings. The maximum absolute atomic E-state index is 14.1. The third-order valence-electron chi connectivity index (χ3n) is 4.77. The summed E-state index contributed by atoms with van der Waals surface area (Å²) in [5.41, 5.74) is -3.37. The molecule has 1 atom stereocenters. The number of hydrogen-bond donors (Lipinski definition) is 2. The van der Waals surface area contributed by atoms with E-state index in [9.17, 15) is 31.9 Å². The number of hydrogen-bond acceptors (Lipinski definition) is 7. The largest absolute Gasteiger partial charge is 0.481 e. The van der Waals surface area contributed by atoms with Crippen molar-refractivity contribution >= 4 is 11.6 Å². The van der Waals surface area contributed by atoms with Gasteiger partial charge in [-0.25, -0.2) is 23.4 Å². The van der Waals surface area contributed by atoms with Crippen molar-refractivity contribution in [1.29, 1.82) is 0 Å². The van der Waals surface area contributed by atoms with Gasteiger partial charge < -0.3 is 15.2 Å². The van der Waals surface area contributed by atoms with Crippen LogP contribution in [-0.4, -0.2) is 56.1 Å². The summed E-state index contributed by atoms with van der Waals surface area (Å²) < 4.78 is 73.9. The molecular weight excluding hydrogens is 453 g/mol. The van der Waals surface area contributed by atoms with Gasteiger partial charge in [-0.05, 0) is 13.0 Å². The van der Waals surface area contributed by atoms with Crippen LogP contribution in [0.3, 0.4) is 0 Å². The highest BCUT2D eigenvalue weighted by Crippen LogP contribution is 2.32. The molecule has 1 unspecified atom stereocenters. The third kappa shape index (κ3) is 4.92. The number of nitrogens with one attached hydrogen (secondary N) is 1. The molecule has 0 amide bonds. The van der Waals surface area contributed by atoms with Crippen LogP contribution in [0, 0.1) is 11.6 Å². The molecular formula is C20H18F5N5O3. The predicted molar refractivity (Wildman–Crippen MR) is 105 cm³/mol. The smallest absolute Gasteiger partial charge is 0.426 e. The van der Waals surface area contributed by atoms with Crippen LogP contribution >= 0.6 is 0 Å². The van der Waals surface area contributed by atoms with Crippen LogP contribution in [-0.2, 0) is 11.3 Å². The average molecular weight is 471 g/mol. The van der Waals surface area contributed by atoms with E-state index in [2.05, 4.69) is 15.1 Å². The zero-order valence-electron chi connectivity index (χ0n) is 17.3. The van der Waals surface area contributed by atoms with Crippen molar-refractivity contribution < 1.29 is 36.6 Å². The average Bonchev–Trinajstić information content (AvgIpc) is 3.16. The van der Waals surface area contributed by atoms with Crippen LogP contribution in [0.5, 0.6) is 5.88 Å². The number of anilines is 1. The summed E-state index contributed by atoms with van der Waals surface area (Å²) in [7, 11) is 1.34. The van der Waals surface area contributed by atoms with E-state index < -0.39 is 41.6 Å². The number of ketones is 1. The maximum atomic E-state index is 14.1. The van der Waals surface area contributed by atoms with Crippen molar-refractivity contribution in [2.45, 2.75) is 25.2 Å². The molecule has 176 valence electrons. The van der Waals surface area contributed by atoms with Crippen molar-refractivity contribution in [3.05, 3.63) is 53.7 Å². The predicted octanol–water partition coefficient (Wildman–Crippen LogP) is 2.97. The first kappa shape index (κ1) is 24.0. The molecule has 0 radical (unpaired) electrons. The lowest BCUT2D eigenvalue weighted by atomic mass is 9.99. The number of benzene rings is 1. The van der Waals surface area contributed by atoms with E-state index in [4.69, 9.17) is 4.74 Å². The van der Waals surface area contributed by atoms with E-state index in [1.54, 1.807) is 12.1 Å². The number of aliphatic hydroxyl groups is 1. The van der Waals surface area contributed by atoms with Gasteiger partial charge in [0, 0.05) is 11.6 Å². The van der Waals surface area contributed by atoms with Crippen molar-refractivity contribution in [3.8, 4) is 17.4 Å². The minimum Gasteiger partial charge on any atom is -0.481 e. The quantitative estimate of drug-likeness (QED) is 0.487. The molecule has 0 aliphatic rings. The Morgan fingerprint density at radius 2 is 1.91 bits per heavy atom. The van der Waals surface area contributed by atoms with Crippen LogP contribution in [0.4, 0.5) is 27.8 Å². The third-order valence-corrected chi connectivity index (χ3v) is 4.77. The Morgan fingerprint density at radius 3 is 2.52 bits per heavy atom. The van der Waals surface area contributed by atoms with Gasteiger partial charge in [-0.15, -0.1) is 0 Å². The second-order valence-electron chi connectivity index (χ2n) is 6.98. The Balaban J connectivity index is 1.89. The van der Waals surface area contributed by atoms with E-state index >= 15 is 0 Å². The lowest BCUT2D eigenvalue weighted by molar-refractivity contribution is -0.244. The Labute approximate surface area is 184 Å². The number of ether oxygens (including phenoxy) is 1. The van der Waals surface area contributed by atoms with Crippen molar-refractivity contribution in [2.24, 2.45) is 0 Å². The summed E-state index contributed by atoms with van der Waals surface area (Å²) in [6.07, 6.45) is -4.61. The lowest BCUT2D eigenvalue weighted by Crippen LogP contribution is -2.56. The molecule has 0 aliphatic heterocycles. The molecule has 8 nitrogen and oxygen atoms in total. The van der Waals surface area contributed by atoms with Gasteiger partial charge in [0.1, 0.15) is 11.5 Å². The first-order valence-corrected chi connectivity index (χ1v) is 9.38. The van der Waals surface area contributed by atoms with Crippen LogP contribution in [0.15, 0.2) is 36.5 Å². The van der Waals surface area contributed by atoms with E-state index in [-0.39, 0.29) is 23.9 Å². The summed E-state index contributed by atoms with van der Waals surface area (Å²) in [6.45, 7) is -0.824. The summed E-state index contributed by atoms with van der Waals surface area (Å²) in [5, 5.41) is 15.9. The number of nitrogens with zero attached hydrogens (tertiary/aromatic N) is 4. The number of alkyl halides is 3. The number of rotatable bonds is 8. The van der Waals surface area contributed by atoms with Gasteiger partial charge in [0.2, 0.25) is 11.5 Å². The number of carbonyl (C=O) groups excluding carboxylic acids is 1. The highest BCUT2D eigenvalue weighted by Gasteiger charge is 2.57. The molecule has 2 aromatic heterocycles. The van der Waals surface area contributed by atoms with Gasteiger partial charge >= 0.3 is 6.18 Å². The highest BCUT2D eigenvalue weighted by atomic mass is 19.4. The minimum atomic E-state index is -5.29. The Morgan fingerprint density at radius 1 is 1.21 bits per heavy atom. The summed E-state index contributed by atoms with van der Waals surface area (Å²) >= 11 is 0. The van der Waals surface area contributed by atoms with Crippen molar-refractivity contribution in [1.82, 2.24) is 19.7 Å². The summed E-state index contributed by atoms with van der Waals surface area (Å²) in [4.78, 5) is 18.9. The van der Waals surface area contributed by atoms with Gasteiger partial charge in [-0.2, -0.15) is 18.3 Å². The van der Waals surface area contributed by atoms with E-state index in [0.29, 0.717) is 18.7 Å². The van der Waals surface area contributed by atoms with E-state index in [1.165, 1.54) is 30.0 Å². The summed E-state index contributed by atoms with van der Waals surface area (Å²) in [5.74, 6) is -3.85. The number of methoxy groups -OCH3 is 1. The molecule has 0 saturated carbocycles. The fraction of sp³-hybridized carbons (Fsp3) is 0.300. The van der Waals surface area contributed by atoms with Crippen LogP contribution in [0.1, 0.15) is 12.5 Å². The maximum Gasteiger partial charge on any atom is 0.426 e. The lowest BCUT2D eigenvalue weighted by Gasteiger charge is -2.28. The molecule has 13 heteroatoms. The molecule has 0 aliphatic carbocycles. The first-order chi connectivity index (χ1) is 15.5. The fourth-order valence-electron chi connectivity index (χ4n) is 2.82. The van der Waals surface area contributed by atoms with Crippen LogP contribution in [0.25, 0.3) is 11.5 Å². The standard InChI is InChI=1S/C20H18F5N5O3/c1-11(31)19(32,20(23,24)25)10-27-17-14(22)8-26-18(28-17)15-7-16(33-2)30(29-15)9-12-5-3-4-6-13(12)21/h3-8,32H,9-10H2,1-2H3,(H,26,27,28). The molecule has 0 saturated heterocycles. The molecule has 1 aromatic carbocycles. The van der Waals surface area contributed by atoms with Crippen LogP contribution < -0.4 is 10.1 Å². The normalized spacial score (nSPS) is 13.5.